The van der Waals surface area contributed by atoms with Gasteiger partial charge < -0.3 is 0 Å². The van der Waals surface area contributed by atoms with E-state index in [1.165, 1.54) is 17.5 Å². The van der Waals surface area contributed by atoms with E-state index in [0.29, 0.717) is 0 Å². The summed E-state index contributed by atoms with van der Waals surface area (Å²) in [5.41, 5.74) is 0. The normalized spacial score (nSPS) is 13.3. The standard InChI is InChI=1S/C7H9N3O4S3/c1-2-16(11,12)5-6(17(8,13)14)10-3-4-15-7(10)9-5/h3-4H,2H2,1H3,(H2,8,13,14). The molecule has 0 aliphatic carbocycles. The lowest BCUT2D eigenvalue weighted by Gasteiger charge is -2.00. The van der Waals surface area contributed by atoms with Crippen LogP contribution >= 0.6 is 11.3 Å². The van der Waals surface area contributed by atoms with Crippen molar-refractivity contribution in [2.75, 3.05) is 5.75 Å². The van der Waals surface area contributed by atoms with E-state index in [2.05, 4.69) is 4.98 Å². The van der Waals surface area contributed by atoms with Gasteiger partial charge in [0.2, 0.25) is 0 Å². The Kier molecular flexibility index (Phi) is 2.77. The summed E-state index contributed by atoms with van der Waals surface area (Å²) in [5, 5.41) is 5.67. The number of rotatable bonds is 3. The molecule has 10 heteroatoms. The van der Waals surface area contributed by atoms with Gasteiger partial charge in [0.1, 0.15) is 0 Å². The second kappa shape index (κ2) is 3.77. The Morgan fingerprint density at radius 3 is 2.59 bits per heavy atom. The third kappa shape index (κ3) is 1.97. The molecule has 17 heavy (non-hydrogen) atoms. The Balaban J connectivity index is 2.95. The lowest BCUT2D eigenvalue weighted by atomic mass is 10.9. The zero-order valence-electron chi connectivity index (χ0n) is 8.69. The predicted molar refractivity (Wildman–Crippen MR) is 62.2 cm³/mol. The Morgan fingerprint density at radius 1 is 1.41 bits per heavy atom. The average Bonchev–Trinajstić information content (AvgIpc) is 2.73. The number of hydrogen-bond acceptors (Lipinski definition) is 6. The van der Waals surface area contributed by atoms with E-state index in [4.69, 9.17) is 5.14 Å². The number of nitrogens with zero attached hydrogens (tertiary/aromatic N) is 2. The molecule has 0 atom stereocenters. The van der Waals surface area contributed by atoms with E-state index in [1.807, 2.05) is 0 Å². The van der Waals surface area contributed by atoms with E-state index < -0.39 is 29.9 Å². The van der Waals surface area contributed by atoms with Crippen molar-refractivity contribution < 1.29 is 16.8 Å². The Bertz CT molecular complexity index is 768. The van der Waals surface area contributed by atoms with Crippen LogP contribution in [0, 0.1) is 0 Å². The molecule has 2 aromatic heterocycles. The number of nitrogens with two attached hydrogens (primary N) is 1. The van der Waals surface area contributed by atoms with Crippen molar-refractivity contribution >= 4 is 36.2 Å². The van der Waals surface area contributed by atoms with E-state index in [-0.39, 0.29) is 10.7 Å². The minimum atomic E-state index is -4.15. The summed E-state index contributed by atoms with van der Waals surface area (Å²) >= 11 is 1.13. The van der Waals surface area contributed by atoms with Gasteiger partial charge in [0.05, 0.1) is 5.75 Å². The molecule has 0 saturated carbocycles. The zero-order valence-corrected chi connectivity index (χ0v) is 11.1. The van der Waals surface area contributed by atoms with Crippen molar-refractivity contribution in [1.82, 2.24) is 9.38 Å². The fourth-order valence-corrected chi connectivity index (χ4v) is 4.48. The van der Waals surface area contributed by atoms with Crippen molar-refractivity contribution in [3.05, 3.63) is 11.6 Å². The number of hydrogen-bond donors (Lipinski definition) is 1. The van der Waals surface area contributed by atoms with Crippen molar-refractivity contribution in [3.63, 3.8) is 0 Å². The second-order valence-corrected chi connectivity index (χ2v) is 7.77. The molecule has 0 aliphatic heterocycles. The summed E-state index contributed by atoms with van der Waals surface area (Å²) in [6, 6.07) is 0. The van der Waals surface area contributed by atoms with Crippen LogP contribution < -0.4 is 5.14 Å². The smallest absolute Gasteiger partial charge is 0.257 e. The summed E-state index contributed by atoms with van der Waals surface area (Å²) in [7, 11) is -7.88. The molecule has 0 amide bonds. The molecule has 2 heterocycles. The number of thiazole rings is 1. The lowest BCUT2D eigenvalue weighted by molar-refractivity contribution is 0.576. The van der Waals surface area contributed by atoms with Gasteiger partial charge in [0, 0.05) is 11.6 Å². The van der Waals surface area contributed by atoms with Crippen LogP contribution in [0.2, 0.25) is 0 Å². The van der Waals surface area contributed by atoms with Gasteiger partial charge in [0.25, 0.3) is 10.0 Å². The van der Waals surface area contributed by atoms with Crippen LogP contribution in [0.15, 0.2) is 21.6 Å². The maximum absolute atomic E-state index is 11.7. The number of aromatic nitrogens is 2. The van der Waals surface area contributed by atoms with Crippen LogP contribution in [-0.2, 0) is 19.9 Å². The van der Waals surface area contributed by atoms with E-state index in [1.54, 1.807) is 5.38 Å². The summed E-state index contributed by atoms with van der Waals surface area (Å²) in [6.07, 6.45) is 1.42. The van der Waals surface area contributed by atoms with E-state index >= 15 is 0 Å². The topological polar surface area (TPSA) is 112 Å². The molecule has 0 unspecified atom stereocenters. The molecule has 0 aromatic carbocycles. The van der Waals surface area contributed by atoms with E-state index in [0.717, 1.165) is 11.3 Å². The monoisotopic (exact) mass is 295 g/mol. The number of fused-ring (bicyclic) bond motifs is 1. The second-order valence-electron chi connectivity index (χ2n) is 3.23. The Labute approximate surface area is 102 Å². The van der Waals surface area contributed by atoms with Gasteiger partial charge in [-0.05, 0) is 0 Å². The highest BCUT2D eigenvalue weighted by Crippen LogP contribution is 2.24. The van der Waals surface area contributed by atoms with Crippen LogP contribution in [0.25, 0.3) is 4.96 Å². The van der Waals surface area contributed by atoms with Crippen molar-refractivity contribution in [2.45, 2.75) is 17.0 Å². The average molecular weight is 295 g/mol. The minimum Gasteiger partial charge on any atom is -0.279 e. The predicted octanol–water partition coefficient (Wildman–Crippen LogP) is -0.163. The van der Waals surface area contributed by atoms with Gasteiger partial charge in [-0.3, -0.25) is 4.40 Å². The first-order chi connectivity index (χ1) is 7.77. The van der Waals surface area contributed by atoms with Gasteiger partial charge in [-0.25, -0.2) is 27.0 Å². The molecule has 0 bridgehead atoms. The lowest BCUT2D eigenvalue weighted by Crippen LogP contribution is -2.18. The van der Waals surface area contributed by atoms with Gasteiger partial charge in [-0.15, -0.1) is 11.3 Å². The maximum Gasteiger partial charge on any atom is 0.257 e. The number of sulfonamides is 1. The SMILES string of the molecule is CCS(=O)(=O)c1nc2sccn2c1S(N)(=O)=O. The fraction of sp³-hybridized carbons (Fsp3) is 0.286. The first-order valence-electron chi connectivity index (χ1n) is 4.48. The van der Waals surface area contributed by atoms with Crippen LogP contribution in [0.3, 0.4) is 0 Å². The number of primary sulfonamides is 1. The van der Waals surface area contributed by atoms with E-state index in [9.17, 15) is 16.8 Å². The molecule has 2 rings (SSSR count). The summed E-state index contributed by atoms with van der Waals surface area (Å²) in [4.78, 5) is 4.09. The van der Waals surface area contributed by atoms with Crippen LogP contribution in [0.4, 0.5) is 0 Å². The highest BCUT2D eigenvalue weighted by Gasteiger charge is 2.30. The van der Waals surface area contributed by atoms with Crippen molar-refractivity contribution in [2.24, 2.45) is 5.14 Å². The highest BCUT2D eigenvalue weighted by atomic mass is 32.2. The third-order valence-corrected chi connectivity index (χ3v) is 5.58. The number of imidazole rings is 1. The Morgan fingerprint density at radius 2 is 2.06 bits per heavy atom. The van der Waals surface area contributed by atoms with Gasteiger partial charge in [-0.1, -0.05) is 6.92 Å². The molecule has 2 N–H and O–H groups in total. The molecule has 7 nitrogen and oxygen atoms in total. The molecule has 0 saturated heterocycles. The molecule has 0 aliphatic rings. The zero-order chi connectivity index (χ0) is 12.8. The molecule has 0 fully saturated rings. The molecular formula is C7H9N3O4S3. The summed E-state index contributed by atoms with van der Waals surface area (Å²) in [5.74, 6) is -0.236. The molecule has 2 aromatic rings. The molecule has 94 valence electrons. The van der Waals surface area contributed by atoms with Crippen molar-refractivity contribution in [1.29, 1.82) is 0 Å². The van der Waals surface area contributed by atoms with Crippen molar-refractivity contribution in [3.8, 4) is 0 Å². The van der Waals surface area contributed by atoms with Crippen LogP contribution in [-0.4, -0.2) is 32.0 Å². The third-order valence-electron chi connectivity index (χ3n) is 2.13. The molecular weight excluding hydrogens is 286 g/mol. The molecule has 0 radical (unpaired) electrons. The van der Waals surface area contributed by atoms with Gasteiger partial charge >= 0.3 is 0 Å². The molecule has 0 spiro atoms. The van der Waals surface area contributed by atoms with Gasteiger partial charge in [-0.2, -0.15) is 0 Å². The first-order valence-corrected chi connectivity index (χ1v) is 8.56. The minimum absolute atomic E-state index is 0.236. The van der Waals surface area contributed by atoms with Crippen LogP contribution in [0.5, 0.6) is 0 Å². The maximum atomic E-state index is 11.7. The van der Waals surface area contributed by atoms with Gasteiger partial charge in [0.15, 0.2) is 24.9 Å². The highest BCUT2D eigenvalue weighted by molar-refractivity contribution is 7.93. The summed E-state index contributed by atoms with van der Waals surface area (Å²) in [6.45, 7) is 1.41. The quantitative estimate of drug-likeness (QED) is 0.845. The summed E-state index contributed by atoms with van der Waals surface area (Å²) < 4.78 is 47.6. The first kappa shape index (κ1) is 12.5. The van der Waals surface area contributed by atoms with Crippen LogP contribution in [0.1, 0.15) is 6.92 Å². The fourth-order valence-electron chi connectivity index (χ4n) is 1.34. The largest absolute Gasteiger partial charge is 0.279 e. The Hall–Kier alpha value is -0.970. The number of sulfone groups is 1.